The average Bonchev–Trinajstić information content (AvgIpc) is 3.19. The zero-order valence-electron chi connectivity index (χ0n) is 22.3. The maximum Gasteiger partial charge on any atom is 0.0598 e. The van der Waals surface area contributed by atoms with E-state index in [1.54, 1.807) is 38.5 Å². The molecule has 0 aromatic carbocycles. The van der Waals surface area contributed by atoms with Gasteiger partial charge in [-0.2, -0.15) is 0 Å². The van der Waals surface area contributed by atoms with Crippen molar-refractivity contribution in [3.8, 4) is 0 Å². The Balaban J connectivity index is 0.000000381. The second kappa shape index (κ2) is 14.9. The van der Waals surface area contributed by atoms with E-state index < -0.39 is 0 Å². The van der Waals surface area contributed by atoms with Gasteiger partial charge in [0.15, 0.2) is 0 Å². The fourth-order valence-corrected chi connectivity index (χ4v) is 5.11. The van der Waals surface area contributed by atoms with Gasteiger partial charge in [-0.25, -0.2) is 0 Å². The molecule has 1 saturated heterocycles. The van der Waals surface area contributed by atoms with Crippen molar-refractivity contribution in [2.75, 3.05) is 6.61 Å². The van der Waals surface area contributed by atoms with Crippen molar-refractivity contribution in [2.45, 2.75) is 134 Å². The van der Waals surface area contributed by atoms with E-state index in [1.165, 1.54) is 36.5 Å². The zero-order chi connectivity index (χ0) is 22.6. The molecule has 0 aromatic rings. The van der Waals surface area contributed by atoms with Crippen molar-refractivity contribution in [2.24, 2.45) is 40.9 Å². The average molecular weight is 411 g/mol. The molecule has 5 aliphatic rings. The standard InChI is InChI=1S/C10H16.C7H14O.C7H16.2C2H6/c1-7-2-9-4-8(1)5-10(3-7)6-9;1-6(2)7-4-3-5-8-7;1-6(2)7(3,4)5;2*1-2/h7-10H,1-6H2;6-7H,3-5H2,1-2H3;6H,1-5H3;2*1-2H3. The predicted octanol–water partition coefficient (Wildman–Crippen LogP) is 9.39. The molecule has 1 nitrogen and oxygen atoms in total. The Morgan fingerprint density at radius 3 is 1.10 bits per heavy atom. The molecule has 5 fully saturated rings. The Hall–Kier alpha value is -0.0400. The van der Waals surface area contributed by atoms with Crippen LogP contribution in [-0.4, -0.2) is 12.7 Å². The Labute approximate surface area is 186 Å². The first-order chi connectivity index (χ1) is 13.6. The van der Waals surface area contributed by atoms with Crippen molar-refractivity contribution >= 4 is 0 Å². The summed E-state index contributed by atoms with van der Waals surface area (Å²) in [6.07, 6.45) is 12.7. The lowest BCUT2D eigenvalue weighted by Crippen LogP contribution is -2.38. The summed E-state index contributed by atoms with van der Waals surface area (Å²) < 4.78 is 5.41. The van der Waals surface area contributed by atoms with Crippen molar-refractivity contribution in [3.05, 3.63) is 0 Å². The molecule has 176 valence electrons. The lowest BCUT2D eigenvalue weighted by molar-refractivity contribution is 0.0198. The van der Waals surface area contributed by atoms with Crippen LogP contribution in [0, 0.1) is 40.9 Å². The minimum Gasteiger partial charge on any atom is -0.378 e. The van der Waals surface area contributed by atoms with Gasteiger partial charge in [0.1, 0.15) is 0 Å². The Morgan fingerprint density at radius 2 is 0.966 bits per heavy atom. The van der Waals surface area contributed by atoms with Gasteiger partial charge in [-0.15, -0.1) is 0 Å². The first-order valence-corrected chi connectivity index (χ1v) is 13.3. The second-order valence-corrected chi connectivity index (χ2v) is 11.2. The molecule has 4 saturated carbocycles. The van der Waals surface area contributed by atoms with E-state index in [-0.39, 0.29) is 0 Å². The van der Waals surface area contributed by atoms with Gasteiger partial charge in [0, 0.05) is 6.61 Å². The van der Waals surface area contributed by atoms with E-state index in [0.29, 0.717) is 11.5 Å². The molecule has 0 N–H and O–H groups in total. The Kier molecular flexibility index (Phi) is 14.9. The molecule has 1 heteroatoms. The smallest absolute Gasteiger partial charge is 0.0598 e. The predicted molar refractivity (Wildman–Crippen MR) is 132 cm³/mol. The minimum absolute atomic E-state index is 0.500. The molecule has 0 aromatic heterocycles. The molecule has 1 unspecified atom stereocenters. The van der Waals surface area contributed by atoms with Crippen LogP contribution in [0.1, 0.15) is 128 Å². The highest BCUT2D eigenvalue weighted by Gasteiger charge is 2.41. The molecular formula is C28H58O. The van der Waals surface area contributed by atoms with Crippen LogP contribution in [-0.2, 0) is 4.74 Å². The molecule has 0 spiro atoms. The summed E-state index contributed by atoms with van der Waals surface area (Å²) in [5, 5.41) is 0. The normalized spacial score (nSPS) is 31.6. The molecule has 0 radical (unpaired) electrons. The first kappa shape index (κ1) is 29.0. The van der Waals surface area contributed by atoms with Crippen LogP contribution in [0.5, 0.6) is 0 Å². The van der Waals surface area contributed by atoms with Crippen molar-refractivity contribution in [3.63, 3.8) is 0 Å². The van der Waals surface area contributed by atoms with Gasteiger partial charge >= 0.3 is 0 Å². The van der Waals surface area contributed by atoms with Gasteiger partial charge in [0.2, 0.25) is 0 Å². The highest BCUT2D eigenvalue weighted by atomic mass is 16.5. The fourth-order valence-electron chi connectivity index (χ4n) is 5.11. The van der Waals surface area contributed by atoms with Crippen molar-refractivity contribution < 1.29 is 4.74 Å². The molecule has 4 aliphatic carbocycles. The number of hydrogen-bond donors (Lipinski definition) is 0. The molecule has 1 aliphatic heterocycles. The fraction of sp³-hybridized carbons (Fsp3) is 1.00. The molecular weight excluding hydrogens is 352 g/mol. The van der Waals surface area contributed by atoms with Crippen LogP contribution in [0.25, 0.3) is 0 Å². The summed E-state index contributed by atoms with van der Waals surface area (Å²) in [6.45, 7) is 24.7. The topological polar surface area (TPSA) is 9.23 Å². The van der Waals surface area contributed by atoms with Crippen LogP contribution in [0.4, 0.5) is 0 Å². The molecule has 1 heterocycles. The third-order valence-corrected chi connectivity index (χ3v) is 7.44. The first-order valence-electron chi connectivity index (χ1n) is 13.3. The van der Waals surface area contributed by atoms with E-state index in [9.17, 15) is 0 Å². The van der Waals surface area contributed by atoms with Crippen LogP contribution in [0.15, 0.2) is 0 Å². The number of ether oxygens (including phenoxy) is 1. The number of rotatable bonds is 1. The van der Waals surface area contributed by atoms with E-state index in [4.69, 9.17) is 4.74 Å². The molecule has 0 amide bonds. The van der Waals surface area contributed by atoms with E-state index in [2.05, 4.69) is 48.5 Å². The summed E-state index contributed by atoms with van der Waals surface area (Å²) in [5.41, 5.74) is 0.500. The zero-order valence-corrected chi connectivity index (χ0v) is 22.3. The van der Waals surface area contributed by atoms with Crippen LogP contribution in [0.2, 0.25) is 0 Å². The summed E-state index contributed by atoms with van der Waals surface area (Å²) >= 11 is 0. The largest absolute Gasteiger partial charge is 0.378 e. The van der Waals surface area contributed by atoms with Gasteiger partial charge < -0.3 is 4.74 Å². The van der Waals surface area contributed by atoms with Crippen LogP contribution < -0.4 is 0 Å². The molecule has 4 bridgehead atoms. The highest BCUT2D eigenvalue weighted by Crippen LogP contribution is 2.53. The molecule has 5 rings (SSSR count). The van der Waals surface area contributed by atoms with Crippen LogP contribution in [0.3, 0.4) is 0 Å². The van der Waals surface area contributed by atoms with Crippen molar-refractivity contribution in [1.29, 1.82) is 0 Å². The maximum atomic E-state index is 5.41. The van der Waals surface area contributed by atoms with E-state index in [0.717, 1.165) is 18.4 Å². The highest BCUT2D eigenvalue weighted by molar-refractivity contribution is 4.92. The van der Waals surface area contributed by atoms with Gasteiger partial charge in [-0.3, -0.25) is 0 Å². The Morgan fingerprint density at radius 1 is 0.655 bits per heavy atom. The summed E-state index contributed by atoms with van der Waals surface area (Å²) in [4.78, 5) is 0. The molecule has 1 atom stereocenters. The van der Waals surface area contributed by atoms with Crippen molar-refractivity contribution in [1.82, 2.24) is 0 Å². The van der Waals surface area contributed by atoms with Gasteiger partial charge in [-0.05, 0) is 92.3 Å². The third-order valence-electron chi connectivity index (χ3n) is 7.44. The summed E-state index contributed by atoms with van der Waals surface area (Å²) in [5.74, 6) is 6.23. The van der Waals surface area contributed by atoms with E-state index in [1.807, 2.05) is 27.7 Å². The lowest BCUT2D eigenvalue weighted by atomic mass is 9.56. The lowest BCUT2D eigenvalue weighted by Gasteiger charge is -2.49. The Bertz CT molecular complexity index is 314. The quantitative estimate of drug-likeness (QED) is 0.418. The monoisotopic (exact) mass is 410 g/mol. The van der Waals surface area contributed by atoms with Gasteiger partial charge in [0.25, 0.3) is 0 Å². The van der Waals surface area contributed by atoms with Gasteiger partial charge in [-0.1, -0.05) is 76.2 Å². The van der Waals surface area contributed by atoms with Crippen LogP contribution >= 0.6 is 0 Å². The molecule has 29 heavy (non-hydrogen) atoms. The van der Waals surface area contributed by atoms with E-state index >= 15 is 0 Å². The van der Waals surface area contributed by atoms with Gasteiger partial charge in [0.05, 0.1) is 6.10 Å². The summed E-state index contributed by atoms with van der Waals surface area (Å²) in [6, 6.07) is 0. The maximum absolute atomic E-state index is 5.41. The SMILES string of the molecule is C1C2CC3CC1CC(C2)C3.CC.CC.CC(C)C(C)(C)C.CC(C)C1CCCO1. The number of hydrogen-bond acceptors (Lipinski definition) is 1. The third kappa shape index (κ3) is 11.2. The minimum atomic E-state index is 0.500. The summed E-state index contributed by atoms with van der Waals surface area (Å²) in [7, 11) is 0. The second-order valence-electron chi connectivity index (χ2n) is 11.2.